The molecule has 0 fully saturated rings. The molecule has 0 aliphatic heterocycles. The van der Waals surface area contributed by atoms with Gasteiger partial charge >= 0.3 is 5.97 Å². The van der Waals surface area contributed by atoms with Crippen molar-refractivity contribution in [3.8, 4) is 0 Å². The maximum Gasteiger partial charge on any atom is 0.303 e. The van der Waals surface area contributed by atoms with Crippen molar-refractivity contribution in [2.75, 3.05) is 0 Å². The number of carboxylic acid groups (broad SMARTS) is 1. The topological polar surface area (TPSA) is 101 Å². The van der Waals surface area contributed by atoms with Gasteiger partial charge in [0, 0.05) is 12.0 Å². The third-order valence-corrected chi connectivity index (χ3v) is 6.39. The lowest BCUT2D eigenvalue weighted by Gasteiger charge is -2.19. The van der Waals surface area contributed by atoms with E-state index in [0.717, 1.165) is 5.56 Å². The molecule has 2 rings (SSSR count). The van der Waals surface area contributed by atoms with Crippen molar-refractivity contribution in [2.45, 2.75) is 42.9 Å². The number of sulfone groups is 1. The first-order valence-corrected chi connectivity index (χ1v) is 10.2. The summed E-state index contributed by atoms with van der Waals surface area (Å²) in [6.07, 6.45) is 0.177. The Kier molecular flexibility index (Phi) is 6.74. The molecule has 7 heteroatoms. The highest BCUT2D eigenvalue weighted by Crippen LogP contribution is 2.20. The van der Waals surface area contributed by atoms with Crippen LogP contribution >= 0.6 is 0 Å². The van der Waals surface area contributed by atoms with E-state index < -0.39 is 27.1 Å². The Bertz CT molecular complexity index is 890. The Morgan fingerprint density at radius 2 is 1.59 bits per heavy atom. The van der Waals surface area contributed by atoms with Gasteiger partial charge in [-0.3, -0.25) is 9.59 Å². The highest BCUT2D eigenvalue weighted by Gasteiger charge is 2.20. The van der Waals surface area contributed by atoms with Crippen molar-refractivity contribution >= 4 is 21.7 Å². The highest BCUT2D eigenvalue weighted by molar-refractivity contribution is 7.92. The van der Waals surface area contributed by atoms with Crippen LogP contribution in [-0.4, -0.2) is 30.7 Å². The molecule has 0 aliphatic rings. The van der Waals surface area contributed by atoms with E-state index in [1.165, 1.54) is 24.3 Å². The van der Waals surface area contributed by atoms with Crippen LogP contribution in [0.5, 0.6) is 0 Å². The first-order chi connectivity index (χ1) is 12.7. The minimum absolute atomic E-state index is 0.0780. The second kappa shape index (κ2) is 8.81. The van der Waals surface area contributed by atoms with Crippen LogP contribution in [0.25, 0.3) is 0 Å². The molecular formula is C20H23NO5S. The van der Waals surface area contributed by atoms with Gasteiger partial charge in [0.25, 0.3) is 5.91 Å². The lowest BCUT2D eigenvalue weighted by molar-refractivity contribution is -0.137. The van der Waals surface area contributed by atoms with Crippen LogP contribution in [0, 0.1) is 0 Å². The van der Waals surface area contributed by atoms with Crippen LogP contribution in [0.3, 0.4) is 0 Å². The van der Waals surface area contributed by atoms with Crippen molar-refractivity contribution in [3.05, 3.63) is 65.7 Å². The van der Waals surface area contributed by atoms with E-state index in [4.69, 9.17) is 5.11 Å². The predicted molar refractivity (Wildman–Crippen MR) is 102 cm³/mol. The van der Waals surface area contributed by atoms with Crippen LogP contribution in [0.2, 0.25) is 0 Å². The Morgan fingerprint density at radius 1 is 1.00 bits per heavy atom. The van der Waals surface area contributed by atoms with Crippen molar-refractivity contribution < 1.29 is 23.1 Å². The molecule has 0 aliphatic carbocycles. The third-order valence-electron chi connectivity index (χ3n) is 4.22. The number of hydrogen-bond acceptors (Lipinski definition) is 4. The van der Waals surface area contributed by atoms with Crippen LogP contribution in [-0.2, 0) is 14.6 Å². The van der Waals surface area contributed by atoms with Gasteiger partial charge in [-0.25, -0.2) is 8.42 Å². The molecule has 2 aromatic carbocycles. The normalized spacial score (nSPS) is 12.6. The van der Waals surface area contributed by atoms with Crippen molar-refractivity contribution in [1.29, 1.82) is 0 Å². The number of amides is 1. The minimum Gasteiger partial charge on any atom is -0.481 e. The van der Waals surface area contributed by atoms with Gasteiger partial charge in [0.15, 0.2) is 9.84 Å². The summed E-state index contributed by atoms with van der Waals surface area (Å²) in [5.41, 5.74) is 1.13. The summed E-state index contributed by atoms with van der Waals surface area (Å²) in [4.78, 5) is 23.6. The zero-order valence-electron chi connectivity index (χ0n) is 15.3. The molecular weight excluding hydrogens is 366 g/mol. The quantitative estimate of drug-likeness (QED) is 0.722. The smallest absolute Gasteiger partial charge is 0.303 e. The Hall–Kier alpha value is -2.67. The Balaban J connectivity index is 2.18. The number of hydrogen-bond donors (Lipinski definition) is 2. The molecule has 0 heterocycles. The molecule has 6 nitrogen and oxygen atoms in total. The third kappa shape index (κ3) is 5.40. The second-order valence-electron chi connectivity index (χ2n) is 6.49. The molecule has 0 bridgehead atoms. The molecule has 27 heavy (non-hydrogen) atoms. The number of nitrogens with one attached hydrogen (secondary N) is 1. The van der Waals surface area contributed by atoms with E-state index in [-0.39, 0.29) is 23.6 Å². The number of carboxylic acids is 1. The lowest BCUT2D eigenvalue weighted by atomic mass is 10.0. The highest BCUT2D eigenvalue weighted by atomic mass is 32.2. The number of rotatable bonds is 8. The van der Waals surface area contributed by atoms with E-state index in [1.54, 1.807) is 13.8 Å². The van der Waals surface area contributed by atoms with Gasteiger partial charge in [-0.15, -0.1) is 0 Å². The first kappa shape index (κ1) is 20.6. The average Bonchev–Trinajstić information content (AvgIpc) is 2.65. The van der Waals surface area contributed by atoms with Crippen molar-refractivity contribution in [2.24, 2.45) is 0 Å². The molecule has 0 saturated heterocycles. The van der Waals surface area contributed by atoms with Crippen molar-refractivity contribution in [1.82, 2.24) is 5.32 Å². The summed E-state index contributed by atoms with van der Waals surface area (Å²) in [6, 6.07) is 14.4. The van der Waals surface area contributed by atoms with Crippen molar-refractivity contribution in [3.63, 3.8) is 0 Å². The van der Waals surface area contributed by atoms with Gasteiger partial charge in [-0.2, -0.15) is 0 Å². The number of benzene rings is 2. The maximum atomic E-state index is 12.6. The largest absolute Gasteiger partial charge is 0.481 e. The molecule has 1 atom stereocenters. The second-order valence-corrected chi connectivity index (χ2v) is 8.99. The molecule has 1 unspecified atom stereocenters. The average molecular weight is 389 g/mol. The summed E-state index contributed by atoms with van der Waals surface area (Å²) in [5.74, 6) is -1.32. The number of carbonyl (C=O) groups excluding carboxylic acids is 1. The Morgan fingerprint density at radius 3 is 2.11 bits per heavy atom. The summed E-state index contributed by atoms with van der Waals surface area (Å²) in [5, 5.41) is 11.2. The maximum absolute atomic E-state index is 12.6. The summed E-state index contributed by atoms with van der Waals surface area (Å²) >= 11 is 0. The zero-order chi connectivity index (χ0) is 20.0. The summed E-state index contributed by atoms with van der Waals surface area (Å²) < 4.78 is 24.3. The first-order valence-electron chi connectivity index (χ1n) is 8.63. The molecule has 0 spiro atoms. The van der Waals surface area contributed by atoms with Gasteiger partial charge < -0.3 is 10.4 Å². The van der Waals surface area contributed by atoms with Gasteiger partial charge in [0.2, 0.25) is 0 Å². The SMILES string of the molecule is CC(C)S(=O)(=O)c1ccc(C(=O)NC(CCC(=O)O)c2ccccc2)cc1. The molecule has 1 amide bonds. The monoisotopic (exact) mass is 389 g/mol. The molecule has 144 valence electrons. The van der Waals surface area contributed by atoms with E-state index in [2.05, 4.69) is 5.32 Å². The van der Waals surface area contributed by atoms with E-state index in [9.17, 15) is 18.0 Å². The molecule has 0 saturated carbocycles. The van der Waals surface area contributed by atoms with Gasteiger partial charge in [0.05, 0.1) is 16.2 Å². The van der Waals surface area contributed by atoms with Crippen LogP contribution in [0.1, 0.15) is 48.7 Å². The van der Waals surface area contributed by atoms with E-state index in [0.29, 0.717) is 5.56 Å². The zero-order valence-corrected chi connectivity index (χ0v) is 16.1. The number of carbonyl (C=O) groups is 2. The van der Waals surface area contributed by atoms with Gasteiger partial charge in [0.1, 0.15) is 0 Å². The van der Waals surface area contributed by atoms with Gasteiger partial charge in [-0.1, -0.05) is 30.3 Å². The van der Waals surface area contributed by atoms with E-state index in [1.807, 2.05) is 30.3 Å². The fourth-order valence-corrected chi connectivity index (χ4v) is 3.64. The number of aliphatic carboxylic acids is 1. The molecule has 2 N–H and O–H groups in total. The minimum atomic E-state index is -3.40. The standard InChI is InChI=1S/C20H23NO5S/c1-14(2)27(25,26)17-10-8-16(9-11-17)20(24)21-18(12-13-19(22)23)15-6-4-3-5-7-15/h3-11,14,18H,12-13H2,1-2H3,(H,21,24)(H,22,23). The van der Waals surface area contributed by atoms with E-state index >= 15 is 0 Å². The molecule has 0 aromatic heterocycles. The summed E-state index contributed by atoms with van der Waals surface area (Å²) in [7, 11) is -3.40. The lowest BCUT2D eigenvalue weighted by Crippen LogP contribution is -2.29. The summed E-state index contributed by atoms with van der Waals surface area (Å²) in [6.45, 7) is 3.20. The predicted octanol–water partition coefficient (Wildman–Crippen LogP) is 3.20. The Labute approximate surface area is 159 Å². The van der Waals surface area contributed by atoms with Crippen LogP contribution in [0.15, 0.2) is 59.5 Å². The van der Waals surface area contributed by atoms with Crippen LogP contribution in [0.4, 0.5) is 0 Å². The molecule has 2 aromatic rings. The molecule has 0 radical (unpaired) electrons. The van der Waals surface area contributed by atoms with Gasteiger partial charge in [-0.05, 0) is 50.1 Å². The fraction of sp³-hybridized carbons (Fsp3) is 0.300. The van der Waals surface area contributed by atoms with Crippen LogP contribution < -0.4 is 5.32 Å². The fourth-order valence-electron chi connectivity index (χ4n) is 2.59.